The van der Waals surface area contributed by atoms with Crippen LogP contribution in [0.25, 0.3) is 0 Å². The molecule has 0 aliphatic rings. The molecule has 10 nitrogen and oxygen atoms in total. The van der Waals surface area contributed by atoms with Crippen LogP contribution in [-0.4, -0.2) is 72.9 Å². The Morgan fingerprint density at radius 3 is 0.812 bits per heavy atom. The Morgan fingerprint density at radius 2 is 0.625 bits per heavy atom. The third-order valence-electron chi connectivity index (χ3n) is 7.18. The van der Waals surface area contributed by atoms with Gasteiger partial charge in [0.15, 0.2) is 0 Å². The maximum absolute atomic E-state index is 10.5. The van der Waals surface area contributed by atoms with Crippen LogP contribution in [0.4, 0.5) is 0 Å². The van der Waals surface area contributed by atoms with E-state index in [2.05, 4.69) is 121 Å². The van der Waals surface area contributed by atoms with Gasteiger partial charge in [0.05, 0.1) is 23.9 Å². The molecule has 0 heterocycles. The second kappa shape index (κ2) is 20.8. The summed E-state index contributed by atoms with van der Waals surface area (Å²) >= 11 is 0. The number of benzene rings is 4. The molecule has 0 saturated carbocycles. The minimum absolute atomic E-state index is 0. The predicted octanol–water partition coefficient (Wildman–Crippen LogP) is -2.33. The molecule has 1 radical (unpaired) electrons. The molecule has 48 heavy (non-hydrogen) atoms. The first-order valence-electron chi connectivity index (χ1n) is 15.0. The molecule has 0 bridgehead atoms. The Kier molecular flexibility index (Phi) is 17.2. The minimum atomic E-state index is -1.91. The van der Waals surface area contributed by atoms with Gasteiger partial charge in [0.25, 0.3) is 0 Å². The van der Waals surface area contributed by atoms with E-state index in [9.17, 15) is 39.6 Å². The first-order chi connectivity index (χ1) is 22.6. The van der Waals surface area contributed by atoms with E-state index in [1.807, 2.05) is 0 Å². The van der Waals surface area contributed by atoms with Crippen LogP contribution in [0.15, 0.2) is 121 Å². The quantitative estimate of drug-likeness (QED) is 0.0659. The fourth-order valence-electron chi connectivity index (χ4n) is 5.33. The summed E-state index contributed by atoms with van der Waals surface area (Å²) in [6, 6.07) is 43.8. The summed E-state index contributed by atoms with van der Waals surface area (Å²) in [6.45, 7) is -2.09. The number of carbonyl (C=O) groups is 4. The maximum atomic E-state index is 10.5. The molecule has 0 aromatic heterocycles. The van der Waals surface area contributed by atoms with Crippen LogP contribution in [0, 0.1) is 0 Å². The Bertz CT molecular complexity index is 1330. The van der Waals surface area contributed by atoms with Crippen molar-refractivity contribution in [2.45, 2.75) is 12.8 Å². The van der Waals surface area contributed by atoms with Gasteiger partial charge in [-0.2, -0.15) is 0 Å². The average Bonchev–Trinajstić information content (AvgIpc) is 3.05. The molecular weight excluding hydrogens is 675 g/mol. The van der Waals surface area contributed by atoms with Gasteiger partial charge in [-0.3, -0.25) is 9.80 Å². The van der Waals surface area contributed by atoms with Gasteiger partial charge >= 0.3 is 17.1 Å². The van der Waals surface area contributed by atoms with Gasteiger partial charge in [-0.1, -0.05) is 72.8 Å². The van der Waals surface area contributed by atoms with Crippen LogP contribution in [-0.2, 0) is 36.2 Å². The van der Waals surface area contributed by atoms with E-state index in [-0.39, 0.29) is 30.2 Å². The van der Waals surface area contributed by atoms with E-state index in [0.29, 0.717) is 12.8 Å². The number of carboxylic acids is 4. The van der Waals surface area contributed by atoms with Crippen LogP contribution in [0.5, 0.6) is 0 Å². The molecule has 0 amide bonds. The van der Waals surface area contributed by atoms with Crippen LogP contribution < -0.4 is 41.6 Å². The van der Waals surface area contributed by atoms with E-state index in [1.165, 1.54) is 21.2 Å². The largest absolute Gasteiger partial charge is 3.00 e. The second-order valence-corrected chi connectivity index (χ2v) is 14.0. The molecule has 251 valence electrons. The summed E-state index contributed by atoms with van der Waals surface area (Å²) in [5.41, 5.74) is 0. The van der Waals surface area contributed by atoms with Crippen molar-refractivity contribution in [3.63, 3.8) is 0 Å². The number of carboxylic acid groups (broad SMARTS) is 4. The molecule has 12 heteroatoms. The number of carbonyl (C=O) groups excluding carboxylic acids is 4. The van der Waals surface area contributed by atoms with Crippen molar-refractivity contribution in [3.8, 4) is 0 Å². The Morgan fingerprint density at radius 1 is 0.417 bits per heavy atom. The van der Waals surface area contributed by atoms with Crippen molar-refractivity contribution in [2.24, 2.45) is 0 Å². The number of unbranched alkanes of at least 4 members (excludes halogenated alkanes) is 1. The SMILES string of the molecule is O=C([O-])CN(CCCCN(CC(=O)[O-])CC(=O)[O-])CC(=O)[O-].[Fe+3].c1ccc([P+](c2ccccc2)(c2ccccc2)c2ccccc2)cc1. The molecule has 0 N–H and O–H groups in total. The first kappa shape index (κ1) is 39.8. The zero-order chi connectivity index (χ0) is 34.1. The molecule has 0 saturated heterocycles. The second-order valence-electron chi connectivity index (χ2n) is 10.6. The number of aliphatic carboxylic acids is 4. The molecule has 0 fully saturated rings. The van der Waals surface area contributed by atoms with Crippen molar-refractivity contribution in [1.29, 1.82) is 0 Å². The molecule has 0 spiro atoms. The third-order valence-corrected chi connectivity index (χ3v) is 11.5. The molecular formula is C36H36FeN2O8P. The topological polar surface area (TPSA) is 167 Å². The normalized spacial score (nSPS) is 10.8. The number of hydrogen-bond donors (Lipinski definition) is 0. The fraction of sp³-hybridized carbons (Fsp3) is 0.222. The van der Waals surface area contributed by atoms with Gasteiger partial charge in [-0.05, 0) is 74.5 Å². The van der Waals surface area contributed by atoms with Crippen molar-refractivity contribution < 1.29 is 56.7 Å². The monoisotopic (exact) mass is 711 g/mol. The molecule has 4 aromatic rings. The van der Waals surface area contributed by atoms with E-state index in [1.54, 1.807) is 0 Å². The van der Waals surface area contributed by atoms with Crippen molar-refractivity contribution in [1.82, 2.24) is 9.80 Å². The van der Waals surface area contributed by atoms with Crippen LogP contribution in [0.3, 0.4) is 0 Å². The fourth-order valence-corrected chi connectivity index (χ4v) is 9.60. The van der Waals surface area contributed by atoms with E-state index in [4.69, 9.17) is 0 Å². The summed E-state index contributed by atoms with van der Waals surface area (Å²) in [4.78, 5) is 44.0. The van der Waals surface area contributed by atoms with Crippen LogP contribution in [0.2, 0.25) is 0 Å². The standard InChI is InChI=1S/C24H20P.C12H20N2O8.Fe/c1-5-13-21(14-6-1)25(22-15-7-2-8-16-22,23-17-9-3-10-18-23)24-19-11-4-12-20-24;15-9(16)5-13(6-10(17)18)3-1-2-4-14(7-11(19)20)8-12(21)22;/h1-20H;1-8H2,(H,15,16)(H,17,18)(H,19,20)(H,21,22);/q+1;;+3/p-4. The third kappa shape index (κ3) is 12.3. The van der Waals surface area contributed by atoms with Gasteiger partial charge in [0.1, 0.15) is 28.5 Å². The predicted molar refractivity (Wildman–Crippen MR) is 173 cm³/mol. The summed E-state index contributed by atoms with van der Waals surface area (Å²) in [5.74, 6) is -5.73. The minimum Gasteiger partial charge on any atom is -0.549 e. The Hall–Kier alpha value is -4.37. The van der Waals surface area contributed by atoms with Crippen molar-refractivity contribution in [3.05, 3.63) is 121 Å². The van der Waals surface area contributed by atoms with Gasteiger partial charge in [-0.15, -0.1) is 0 Å². The van der Waals surface area contributed by atoms with Gasteiger partial charge in [0.2, 0.25) is 0 Å². The smallest absolute Gasteiger partial charge is 0.549 e. The maximum Gasteiger partial charge on any atom is 3.00 e. The summed E-state index contributed by atoms with van der Waals surface area (Å²) < 4.78 is 0. The number of nitrogens with zero attached hydrogens (tertiary/aromatic N) is 2. The Balaban J connectivity index is 0.000000331. The van der Waals surface area contributed by atoms with Gasteiger partial charge in [0, 0.05) is 26.2 Å². The molecule has 0 atom stereocenters. The van der Waals surface area contributed by atoms with E-state index >= 15 is 0 Å². The number of hydrogen-bond acceptors (Lipinski definition) is 10. The van der Waals surface area contributed by atoms with Crippen molar-refractivity contribution in [2.75, 3.05) is 39.3 Å². The van der Waals surface area contributed by atoms with E-state index < -0.39 is 57.3 Å². The Labute approximate surface area is 291 Å². The summed E-state index contributed by atoms with van der Waals surface area (Å²) in [6.07, 6.45) is 0.661. The van der Waals surface area contributed by atoms with E-state index in [0.717, 1.165) is 9.80 Å². The van der Waals surface area contributed by atoms with Crippen LogP contribution >= 0.6 is 7.26 Å². The number of rotatable bonds is 17. The van der Waals surface area contributed by atoms with Crippen molar-refractivity contribution >= 4 is 52.4 Å². The first-order valence-corrected chi connectivity index (χ1v) is 16.8. The zero-order valence-electron chi connectivity index (χ0n) is 26.2. The average molecular weight is 712 g/mol. The van der Waals surface area contributed by atoms with Crippen LogP contribution in [0.1, 0.15) is 12.8 Å². The molecule has 0 unspecified atom stereocenters. The molecule has 0 aliphatic carbocycles. The molecule has 4 aromatic carbocycles. The van der Waals surface area contributed by atoms with Gasteiger partial charge in [-0.25, -0.2) is 0 Å². The summed E-state index contributed by atoms with van der Waals surface area (Å²) in [7, 11) is -1.91. The molecule has 4 rings (SSSR count). The van der Waals surface area contributed by atoms with Gasteiger partial charge < -0.3 is 39.6 Å². The molecule has 0 aliphatic heterocycles. The summed E-state index contributed by atoms with van der Waals surface area (Å²) in [5, 5.41) is 47.4. The zero-order valence-corrected chi connectivity index (χ0v) is 28.2.